The number of Topliss-reactive ketones (excluding diaryl/α,β-unsaturated/α-hetero) is 1. The van der Waals surface area contributed by atoms with E-state index in [4.69, 9.17) is 0 Å². The molecule has 11 heteroatoms. The summed E-state index contributed by atoms with van der Waals surface area (Å²) in [6.45, 7) is 1.36. The molecule has 0 saturated heterocycles. The normalized spacial score (nSPS) is 10.8. The predicted molar refractivity (Wildman–Crippen MR) is 129 cm³/mol. The molecule has 1 amide bonds. The number of rotatable bonds is 8. The van der Waals surface area contributed by atoms with Crippen LogP contribution in [-0.2, 0) is 4.79 Å². The Morgan fingerprint density at radius 3 is 2.29 bits per heavy atom. The molecule has 0 radical (unpaired) electrons. The molecule has 0 bridgehead atoms. The number of hydrogen-bond acceptors (Lipinski definition) is 8. The summed E-state index contributed by atoms with van der Waals surface area (Å²) >= 11 is 1.18. The first kappa shape index (κ1) is 24.8. The van der Waals surface area contributed by atoms with Gasteiger partial charge in [-0.2, -0.15) is 5.26 Å². The van der Waals surface area contributed by atoms with Gasteiger partial charge in [0.2, 0.25) is 11.7 Å². The minimum atomic E-state index is -0.766. The first-order chi connectivity index (χ1) is 16.7. The maximum Gasteiger partial charge on any atom is 0.270 e. The quantitative estimate of drug-likeness (QED) is 0.145. The van der Waals surface area contributed by atoms with Gasteiger partial charge in [-0.15, -0.1) is 0 Å². The van der Waals surface area contributed by atoms with Gasteiger partial charge in [0.15, 0.2) is 0 Å². The maximum atomic E-state index is 12.9. The molecule has 0 atom stereocenters. The second kappa shape index (κ2) is 10.9. The minimum Gasteiger partial charge on any atom is -0.325 e. The number of benzene rings is 3. The van der Waals surface area contributed by atoms with Crippen LogP contribution in [0.15, 0.2) is 82.1 Å². The molecule has 0 saturated carbocycles. The first-order valence-corrected chi connectivity index (χ1v) is 10.7. The van der Waals surface area contributed by atoms with Crippen LogP contribution in [-0.4, -0.2) is 21.5 Å². The van der Waals surface area contributed by atoms with Crippen molar-refractivity contribution in [3.05, 3.63) is 104 Å². The van der Waals surface area contributed by atoms with Crippen LogP contribution in [0, 0.1) is 31.6 Å². The van der Waals surface area contributed by atoms with Crippen LogP contribution in [0.4, 0.5) is 17.1 Å². The number of hydrogen-bond donors (Lipinski definition) is 1. The highest BCUT2D eigenvalue weighted by Gasteiger charge is 2.18. The molecule has 174 valence electrons. The van der Waals surface area contributed by atoms with Gasteiger partial charge < -0.3 is 5.32 Å². The summed E-state index contributed by atoms with van der Waals surface area (Å²) in [5.74, 6) is -1.05. The number of non-ortho nitro benzene ring substituents is 2. The number of para-hydroxylation sites is 1. The molecule has 0 spiro atoms. The molecule has 1 N–H and O–H groups in total. The predicted octanol–water partition coefficient (Wildman–Crippen LogP) is 5.40. The zero-order valence-electron chi connectivity index (χ0n) is 18.1. The smallest absolute Gasteiger partial charge is 0.270 e. The average Bonchev–Trinajstić information content (AvgIpc) is 2.83. The van der Waals surface area contributed by atoms with Crippen molar-refractivity contribution in [3.63, 3.8) is 0 Å². The molecule has 3 rings (SSSR count). The molecule has 3 aromatic rings. The molecule has 0 heterocycles. The summed E-state index contributed by atoms with van der Waals surface area (Å²) < 4.78 is 0. The Balaban J connectivity index is 2.08. The fraction of sp³-hybridized carbons (Fsp3) is 0.0417. The highest BCUT2D eigenvalue weighted by molar-refractivity contribution is 7.99. The number of nitro benzene ring substituents is 2. The van der Waals surface area contributed by atoms with Crippen LogP contribution in [0.5, 0.6) is 0 Å². The number of amides is 1. The van der Waals surface area contributed by atoms with Gasteiger partial charge in [-0.05, 0) is 29.8 Å². The summed E-state index contributed by atoms with van der Waals surface area (Å²) in [5.41, 5.74) is -0.251. The summed E-state index contributed by atoms with van der Waals surface area (Å²) in [5, 5.41) is 34.7. The van der Waals surface area contributed by atoms with Crippen molar-refractivity contribution in [2.45, 2.75) is 16.7 Å². The van der Waals surface area contributed by atoms with Crippen molar-refractivity contribution in [1.82, 2.24) is 0 Å². The third-order valence-electron chi connectivity index (χ3n) is 4.61. The molecular weight excluding hydrogens is 472 g/mol. The van der Waals surface area contributed by atoms with Gasteiger partial charge in [0.05, 0.1) is 15.5 Å². The average molecular weight is 488 g/mol. The van der Waals surface area contributed by atoms with Crippen LogP contribution in [0.1, 0.15) is 22.8 Å². The van der Waals surface area contributed by atoms with E-state index in [9.17, 15) is 35.1 Å². The Morgan fingerprint density at radius 2 is 1.63 bits per heavy atom. The molecule has 35 heavy (non-hydrogen) atoms. The van der Waals surface area contributed by atoms with E-state index < -0.39 is 15.6 Å². The Labute approximate surface area is 203 Å². The summed E-state index contributed by atoms with van der Waals surface area (Å²) in [4.78, 5) is 46.7. The topological polar surface area (TPSA) is 156 Å². The molecule has 0 fully saturated rings. The van der Waals surface area contributed by atoms with Crippen molar-refractivity contribution >= 4 is 46.6 Å². The van der Waals surface area contributed by atoms with Gasteiger partial charge in [0.1, 0.15) is 11.6 Å². The monoisotopic (exact) mass is 488 g/mol. The number of nitro groups is 2. The van der Waals surface area contributed by atoms with Crippen LogP contribution < -0.4 is 5.32 Å². The number of ketones is 1. The first-order valence-electron chi connectivity index (χ1n) is 9.93. The Morgan fingerprint density at radius 1 is 0.943 bits per heavy atom. The van der Waals surface area contributed by atoms with Crippen LogP contribution >= 0.6 is 11.8 Å². The summed E-state index contributed by atoms with van der Waals surface area (Å²) in [6.07, 6.45) is 1.21. The molecular formula is C24H16N4O6S. The maximum absolute atomic E-state index is 12.9. The fourth-order valence-electron chi connectivity index (χ4n) is 3.04. The van der Waals surface area contributed by atoms with Crippen molar-refractivity contribution < 1.29 is 19.4 Å². The molecule has 0 aromatic heterocycles. The summed E-state index contributed by atoms with van der Waals surface area (Å²) in [7, 11) is 0. The number of allylic oxidation sites excluding steroid dienone is 1. The van der Waals surface area contributed by atoms with Gasteiger partial charge in [0, 0.05) is 46.5 Å². The van der Waals surface area contributed by atoms with E-state index in [-0.39, 0.29) is 34.0 Å². The van der Waals surface area contributed by atoms with Crippen molar-refractivity contribution in [3.8, 4) is 6.07 Å². The Kier molecular flexibility index (Phi) is 7.70. The lowest BCUT2D eigenvalue weighted by Crippen LogP contribution is -2.06. The minimum absolute atomic E-state index is 0.0670. The highest BCUT2D eigenvalue weighted by Crippen LogP contribution is 2.37. The highest BCUT2D eigenvalue weighted by atomic mass is 32.2. The third-order valence-corrected chi connectivity index (χ3v) is 5.77. The lowest BCUT2D eigenvalue weighted by molar-refractivity contribution is -0.385. The van der Waals surface area contributed by atoms with Crippen molar-refractivity contribution in [1.29, 1.82) is 5.26 Å². The van der Waals surface area contributed by atoms with Crippen molar-refractivity contribution in [2.75, 3.05) is 5.32 Å². The number of nitriles is 1. The largest absolute Gasteiger partial charge is 0.325 e. The molecule has 3 aromatic carbocycles. The van der Waals surface area contributed by atoms with Gasteiger partial charge in [-0.3, -0.25) is 29.8 Å². The van der Waals surface area contributed by atoms with Crippen molar-refractivity contribution in [2.24, 2.45) is 0 Å². The van der Waals surface area contributed by atoms with Gasteiger partial charge >= 0.3 is 0 Å². The molecule has 0 aliphatic carbocycles. The zero-order chi connectivity index (χ0) is 25.5. The van der Waals surface area contributed by atoms with Crippen LogP contribution in [0.25, 0.3) is 6.08 Å². The SMILES string of the molecule is CC(=O)Nc1ccccc1Sc1ccc([N+](=O)[O-])cc1/C=C(/C#N)C(=O)c1cccc([N+](=O)[O-])c1. The van der Waals surface area contributed by atoms with Crippen LogP contribution in [0.2, 0.25) is 0 Å². The Bertz CT molecular complexity index is 1430. The van der Waals surface area contributed by atoms with E-state index in [1.54, 1.807) is 30.3 Å². The number of nitrogens with one attached hydrogen (secondary N) is 1. The molecule has 0 aliphatic rings. The van der Waals surface area contributed by atoms with E-state index in [1.165, 1.54) is 61.2 Å². The summed E-state index contributed by atoms with van der Waals surface area (Å²) in [6, 6.07) is 17.6. The van der Waals surface area contributed by atoms with E-state index in [1.807, 2.05) is 0 Å². The number of carbonyl (C=O) groups excluding carboxylic acids is 2. The van der Waals surface area contributed by atoms with Crippen LogP contribution in [0.3, 0.4) is 0 Å². The number of nitrogens with zero attached hydrogens (tertiary/aromatic N) is 3. The Hall–Kier alpha value is -4.82. The van der Waals surface area contributed by atoms with Gasteiger partial charge in [-0.1, -0.05) is 36.0 Å². The number of anilines is 1. The van der Waals surface area contributed by atoms with E-state index in [0.717, 1.165) is 6.07 Å². The van der Waals surface area contributed by atoms with E-state index in [2.05, 4.69) is 5.32 Å². The molecule has 10 nitrogen and oxygen atoms in total. The number of carbonyl (C=O) groups is 2. The zero-order valence-corrected chi connectivity index (χ0v) is 18.9. The third kappa shape index (κ3) is 6.16. The standard InChI is InChI=1S/C24H16N4O6S/c1-15(29)26-21-7-2-3-8-23(21)35-22-10-9-20(28(33)34)13-17(22)11-18(14-25)24(30)16-5-4-6-19(12-16)27(31)32/h2-13H,1H3,(H,26,29)/b18-11-. The second-order valence-corrected chi connectivity index (χ2v) is 8.15. The molecule has 0 unspecified atom stereocenters. The van der Waals surface area contributed by atoms with Gasteiger partial charge in [-0.25, -0.2) is 0 Å². The lowest BCUT2D eigenvalue weighted by Gasteiger charge is -2.11. The van der Waals surface area contributed by atoms with Gasteiger partial charge in [0.25, 0.3) is 11.4 Å². The van der Waals surface area contributed by atoms with E-state index >= 15 is 0 Å². The van der Waals surface area contributed by atoms with E-state index in [0.29, 0.717) is 15.5 Å². The fourth-order valence-corrected chi connectivity index (χ4v) is 4.03. The molecule has 0 aliphatic heterocycles. The second-order valence-electron chi connectivity index (χ2n) is 7.07. The lowest BCUT2D eigenvalue weighted by atomic mass is 10.0.